The van der Waals surface area contributed by atoms with E-state index in [1.54, 1.807) is 0 Å². The van der Waals surface area contributed by atoms with E-state index in [4.69, 9.17) is 9.97 Å². The van der Waals surface area contributed by atoms with Gasteiger partial charge in [-0.3, -0.25) is 0 Å². The van der Waals surface area contributed by atoms with Gasteiger partial charge in [0.05, 0.1) is 27.9 Å². The van der Waals surface area contributed by atoms with Crippen molar-refractivity contribution in [1.29, 1.82) is 0 Å². The van der Waals surface area contributed by atoms with Gasteiger partial charge in [0.2, 0.25) is 5.95 Å². The molecule has 288 valence electrons. The average Bonchev–Trinajstić information content (AvgIpc) is 3.99. The molecule has 2 aliphatic rings. The predicted molar refractivity (Wildman–Crippen MR) is 257 cm³/mol. The normalized spacial score (nSPS) is 16.1. The van der Waals surface area contributed by atoms with Gasteiger partial charge in [-0.1, -0.05) is 152 Å². The molecule has 0 bridgehead atoms. The maximum Gasteiger partial charge on any atom is 0.231 e. The maximum atomic E-state index is 5.53. The van der Waals surface area contributed by atoms with Crippen LogP contribution in [0.1, 0.15) is 24.3 Å². The van der Waals surface area contributed by atoms with E-state index in [-0.39, 0.29) is 12.0 Å². The zero-order valence-electron chi connectivity index (χ0n) is 33.2. The van der Waals surface area contributed by atoms with Gasteiger partial charge in [-0.2, -0.15) is 0 Å². The highest BCUT2D eigenvalue weighted by molar-refractivity contribution is 7.25. The zero-order valence-corrected chi connectivity index (χ0v) is 34.1. The summed E-state index contributed by atoms with van der Waals surface area (Å²) in [6.45, 7) is 0. The van der Waals surface area contributed by atoms with Crippen LogP contribution in [0.15, 0.2) is 194 Å². The van der Waals surface area contributed by atoms with Crippen molar-refractivity contribution in [3.63, 3.8) is 0 Å². The van der Waals surface area contributed by atoms with Crippen molar-refractivity contribution >= 4 is 81.6 Å². The van der Waals surface area contributed by atoms with Gasteiger partial charge >= 0.3 is 0 Å². The number of hydrogen-bond acceptors (Lipinski definition) is 4. The molecule has 0 amide bonds. The summed E-state index contributed by atoms with van der Waals surface area (Å²) in [4.78, 5) is 13.5. The van der Waals surface area contributed by atoms with E-state index < -0.39 is 0 Å². The topological polar surface area (TPSA) is 34.0 Å². The van der Waals surface area contributed by atoms with Crippen LogP contribution in [-0.2, 0) is 0 Å². The Morgan fingerprint density at radius 2 is 1.15 bits per heavy atom. The number of aromatic nitrogens is 3. The highest BCUT2D eigenvalue weighted by Crippen LogP contribution is 2.54. The third kappa shape index (κ3) is 5.37. The third-order valence-corrected chi connectivity index (χ3v) is 14.2. The minimum absolute atomic E-state index is 0.131. The number of rotatable bonds is 5. The summed E-state index contributed by atoms with van der Waals surface area (Å²) < 4.78 is 5.16. The Balaban J connectivity index is 1.02. The molecule has 13 rings (SSSR count). The summed E-state index contributed by atoms with van der Waals surface area (Å²) >= 11 is 1.86. The largest absolute Gasteiger partial charge is 0.313 e. The van der Waals surface area contributed by atoms with Gasteiger partial charge in [0.25, 0.3) is 0 Å². The number of nitrogens with zero attached hydrogens (tertiary/aromatic N) is 4. The van der Waals surface area contributed by atoms with Crippen molar-refractivity contribution in [1.82, 2.24) is 14.5 Å². The molecule has 0 N–H and O–H groups in total. The molecule has 0 saturated heterocycles. The van der Waals surface area contributed by atoms with Crippen LogP contribution in [0.2, 0.25) is 0 Å². The molecule has 5 heteroatoms. The molecular weight excluding hydrogens is 761 g/mol. The molecule has 2 unspecified atom stereocenters. The molecule has 11 aromatic rings. The highest BCUT2D eigenvalue weighted by Gasteiger charge is 2.43. The molecule has 2 atom stereocenters. The SMILES string of the molecule is C1=C(n2c3ccccc3c3ccccc32)CCC2C1c1cccc(-c3cccc(-c4ccc5sc6ccccc6c5c4)c3)c1N2c1nc(-c2ccccc2)c2ccccc2n1. The molecule has 61 heavy (non-hydrogen) atoms. The van der Waals surface area contributed by atoms with Crippen molar-refractivity contribution in [3.05, 3.63) is 200 Å². The van der Waals surface area contributed by atoms with Gasteiger partial charge in [0.1, 0.15) is 0 Å². The fraction of sp³-hybridized carbons (Fsp3) is 0.0714. The molecule has 8 aromatic carbocycles. The van der Waals surface area contributed by atoms with E-state index in [0.717, 1.165) is 41.0 Å². The molecule has 0 spiro atoms. The van der Waals surface area contributed by atoms with Crippen LogP contribution < -0.4 is 4.90 Å². The number of anilines is 2. The van der Waals surface area contributed by atoms with Gasteiger partial charge in [-0.05, 0) is 77.6 Å². The second-order valence-electron chi connectivity index (χ2n) is 16.4. The molecule has 1 aliphatic heterocycles. The summed E-state index contributed by atoms with van der Waals surface area (Å²) in [5.74, 6) is 0.879. The summed E-state index contributed by atoms with van der Waals surface area (Å²) in [5.41, 5.74) is 14.2. The molecule has 4 nitrogen and oxygen atoms in total. The first kappa shape index (κ1) is 34.5. The second kappa shape index (κ2) is 13.6. The van der Waals surface area contributed by atoms with Crippen LogP contribution in [0.3, 0.4) is 0 Å². The molecule has 4 heterocycles. The van der Waals surface area contributed by atoms with Crippen LogP contribution in [-0.4, -0.2) is 20.6 Å². The summed E-state index contributed by atoms with van der Waals surface area (Å²) in [5, 5.41) is 6.27. The van der Waals surface area contributed by atoms with Crippen molar-refractivity contribution in [2.24, 2.45) is 0 Å². The van der Waals surface area contributed by atoms with Gasteiger partial charge in [0, 0.05) is 65.1 Å². The molecule has 0 fully saturated rings. The van der Waals surface area contributed by atoms with E-state index in [1.807, 2.05) is 11.3 Å². The summed E-state index contributed by atoms with van der Waals surface area (Å²) in [7, 11) is 0. The van der Waals surface area contributed by atoms with Crippen molar-refractivity contribution < 1.29 is 0 Å². The Labute approximate surface area is 357 Å². The summed E-state index contributed by atoms with van der Waals surface area (Å²) in [6.07, 6.45) is 4.45. The third-order valence-electron chi connectivity index (χ3n) is 13.1. The van der Waals surface area contributed by atoms with Crippen LogP contribution in [0.5, 0.6) is 0 Å². The molecule has 0 saturated carbocycles. The minimum atomic E-state index is 0.131. The number of hydrogen-bond donors (Lipinski definition) is 0. The van der Waals surface area contributed by atoms with Crippen LogP contribution >= 0.6 is 11.3 Å². The van der Waals surface area contributed by atoms with E-state index in [9.17, 15) is 0 Å². The number of thiophene rings is 1. The Hall–Kier alpha value is -7.34. The van der Waals surface area contributed by atoms with Crippen molar-refractivity contribution in [2.45, 2.75) is 24.8 Å². The van der Waals surface area contributed by atoms with Gasteiger partial charge in [-0.15, -0.1) is 11.3 Å². The van der Waals surface area contributed by atoms with Crippen LogP contribution in [0.25, 0.3) is 92.1 Å². The average molecular weight is 799 g/mol. The standard InChI is InChI=1S/C56H38N4S/c1-2-14-35(15-3-1)54-45-21-4-8-24-48(45)57-56(58-54)60-51-30-29-39(59-49-25-9-5-18-41(49)42-19-6-10-26-50(42)59)34-46(51)44-23-13-22-40(55(44)60)38-17-12-16-36(32-38)37-28-31-53-47(33-37)43-20-7-11-27-52(43)61-53/h1-28,31-34,46,51H,29-30H2. The van der Waals surface area contributed by atoms with Gasteiger partial charge in [0.15, 0.2) is 0 Å². The van der Waals surface area contributed by atoms with Crippen LogP contribution in [0.4, 0.5) is 11.6 Å². The number of allylic oxidation sites excluding steroid dienone is 1. The lowest BCUT2D eigenvalue weighted by molar-refractivity contribution is 0.559. The predicted octanol–water partition coefficient (Wildman–Crippen LogP) is 15.0. The first-order valence-corrected chi connectivity index (χ1v) is 22.0. The molecule has 3 aromatic heterocycles. The molecule has 1 aliphatic carbocycles. The summed E-state index contributed by atoms with van der Waals surface area (Å²) in [6, 6.07) is 68.6. The van der Waals surface area contributed by atoms with Crippen molar-refractivity contribution in [3.8, 4) is 33.5 Å². The van der Waals surface area contributed by atoms with Crippen LogP contribution in [0, 0.1) is 0 Å². The smallest absolute Gasteiger partial charge is 0.231 e. The number of benzene rings is 8. The monoisotopic (exact) mass is 798 g/mol. The number of para-hydroxylation sites is 4. The molecule has 0 radical (unpaired) electrons. The second-order valence-corrected chi connectivity index (χ2v) is 17.5. The lowest BCUT2D eigenvalue weighted by Gasteiger charge is -2.33. The lowest BCUT2D eigenvalue weighted by atomic mass is 9.85. The Morgan fingerprint density at radius 3 is 1.98 bits per heavy atom. The Bertz CT molecular complexity index is 3520. The first-order chi connectivity index (χ1) is 30.2. The van der Waals surface area contributed by atoms with E-state index >= 15 is 0 Å². The van der Waals surface area contributed by atoms with Gasteiger partial charge in [-0.25, -0.2) is 9.97 Å². The fourth-order valence-corrected chi connectivity index (χ4v) is 11.5. The van der Waals surface area contributed by atoms with E-state index in [1.165, 1.54) is 81.2 Å². The first-order valence-electron chi connectivity index (χ1n) is 21.2. The lowest BCUT2D eigenvalue weighted by Crippen LogP contribution is -2.33. The fourth-order valence-electron chi connectivity index (χ4n) is 10.4. The van der Waals surface area contributed by atoms with Crippen molar-refractivity contribution in [2.75, 3.05) is 4.90 Å². The number of fused-ring (bicyclic) bond motifs is 10. The van der Waals surface area contributed by atoms with E-state index in [2.05, 4.69) is 204 Å². The Morgan fingerprint density at radius 1 is 0.492 bits per heavy atom. The van der Waals surface area contributed by atoms with E-state index in [0.29, 0.717) is 0 Å². The maximum absolute atomic E-state index is 5.53. The highest BCUT2D eigenvalue weighted by atomic mass is 32.1. The zero-order chi connectivity index (χ0) is 40.0. The molecular formula is C56H38N4S. The Kier molecular flexibility index (Phi) is 7.69. The van der Waals surface area contributed by atoms with Gasteiger partial charge < -0.3 is 9.47 Å². The minimum Gasteiger partial charge on any atom is -0.313 e. The quantitative estimate of drug-likeness (QED) is 0.174.